The van der Waals surface area contributed by atoms with Gasteiger partial charge in [-0.05, 0) is 41.8 Å². The van der Waals surface area contributed by atoms with Gasteiger partial charge >= 0.3 is 0 Å². The number of nitrogens with one attached hydrogen (secondary N) is 2. The summed E-state index contributed by atoms with van der Waals surface area (Å²) in [6.45, 7) is 0. The summed E-state index contributed by atoms with van der Waals surface area (Å²) in [5.74, 6) is -0.438. The molecule has 0 fully saturated rings. The van der Waals surface area contributed by atoms with Gasteiger partial charge in [-0.15, -0.1) is 11.3 Å². The van der Waals surface area contributed by atoms with Gasteiger partial charge in [-0.3, -0.25) is 14.6 Å². The van der Waals surface area contributed by atoms with Crippen molar-refractivity contribution in [3.8, 4) is 0 Å². The topological polar surface area (TPSA) is 71.1 Å². The molecule has 0 radical (unpaired) electrons. The Kier molecular flexibility index (Phi) is 5.45. The van der Waals surface area contributed by atoms with E-state index in [-0.39, 0.29) is 11.8 Å². The van der Waals surface area contributed by atoms with Crippen molar-refractivity contribution in [3.05, 3.63) is 94.8 Å². The highest BCUT2D eigenvalue weighted by molar-refractivity contribution is 7.12. The number of aromatic nitrogens is 1. The Morgan fingerprint density at radius 1 is 0.897 bits per heavy atom. The van der Waals surface area contributed by atoms with Gasteiger partial charge in [0.1, 0.15) is 0 Å². The Hall–Kier alpha value is -3.77. The molecule has 0 aliphatic carbocycles. The number of anilines is 2. The molecule has 0 spiro atoms. The second kappa shape index (κ2) is 8.50. The largest absolute Gasteiger partial charge is 0.322 e. The number of thiophene rings is 1. The van der Waals surface area contributed by atoms with E-state index in [4.69, 9.17) is 0 Å². The standard InChI is InChI=1S/C23H17N3O2S/c27-21(12-11-17-6-1-5-16-7-3-13-24-22(16)17)25-18-8-2-9-19(15-18)26-23(28)20-10-4-14-29-20/h1-15H,(H,25,27)(H,26,28)/b12-11+. The van der Waals surface area contributed by atoms with Gasteiger partial charge < -0.3 is 10.6 Å². The van der Waals surface area contributed by atoms with Gasteiger partial charge in [-0.25, -0.2) is 0 Å². The summed E-state index contributed by atoms with van der Waals surface area (Å²) in [5, 5.41) is 8.51. The molecular weight excluding hydrogens is 382 g/mol. The maximum Gasteiger partial charge on any atom is 0.265 e. The van der Waals surface area contributed by atoms with Gasteiger partial charge in [0, 0.05) is 34.6 Å². The van der Waals surface area contributed by atoms with E-state index in [0.29, 0.717) is 16.3 Å². The number of benzene rings is 2. The van der Waals surface area contributed by atoms with Crippen LogP contribution in [0.15, 0.2) is 84.4 Å². The molecule has 0 bridgehead atoms. The number of hydrogen-bond donors (Lipinski definition) is 2. The molecule has 2 amide bonds. The van der Waals surface area contributed by atoms with Crippen LogP contribution in [0.25, 0.3) is 17.0 Å². The molecule has 2 aromatic heterocycles. The van der Waals surface area contributed by atoms with Crippen molar-refractivity contribution in [1.82, 2.24) is 4.98 Å². The molecule has 142 valence electrons. The molecule has 0 unspecified atom stereocenters. The van der Waals surface area contributed by atoms with Crippen molar-refractivity contribution in [2.45, 2.75) is 0 Å². The minimum atomic E-state index is -0.264. The second-order valence-corrected chi connectivity index (χ2v) is 7.20. The Labute approximate surface area is 171 Å². The molecule has 2 aromatic carbocycles. The zero-order valence-corrected chi connectivity index (χ0v) is 16.1. The fourth-order valence-electron chi connectivity index (χ4n) is 2.89. The van der Waals surface area contributed by atoms with E-state index < -0.39 is 0 Å². The van der Waals surface area contributed by atoms with E-state index in [2.05, 4.69) is 15.6 Å². The summed E-state index contributed by atoms with van der Waals surface area (Å²) in [7, 11) is 0. The summed E-state index contributed by atoms with van der Waals surface area (Å²) in [5.41, 5.74) is 2.93. The van der Waals surface area contributed by atoms with Crippen molar-refractivity contribution in [2.75, 3.05) is 10.6 Å². The molecule has 5 nitrogen and oxygen atoms in total. The number of para-hydroxylation sites is 1. The minimum Gasteiger partial charge on any atom is -0.322 e. The highest BCUT2D eigenvalue weighted by Gasteiger charge is 2.07. The van der Waals surface area contributed by atoms with Crippen LogP contribution in [-0.4, -0.2) is 16.8 Å². The molecule has 0 aliphatic rings. The molecule has 0 aliphatic heterocycles. The average Bonchev–Trinajstić information content (AvgIpc) is 3.28. The number of pyridine rings is 1. The van der Waals surface area contributed by atoms with Crippen molar-refractivity contribution in [1.29, 1.82) is 0 Å². The van der Waals surface area contributed by atoms with E-state index in [1.165, 1.54) is 17.4 Å². The minimum absolute atomic E-state index is 0.174. The Morgan fingerprint density at radius 2 is 1.69 bits per heavy atom. The zero-order chi connectivity index (χ0) is 20.1. The van der Waals surface area contributed by atoms with Crippen LogP contribution in [-0.2, 0) is 4.79 Å². The lowest BCUT2D eigenvalue weighted by atomic mass is 10.1. The monoisotopic (exact) mass is 399 g/mol. The normalized spacial score (nSPS) is 10.9. The molecule has 2 heterocycles. The van der Waals surface area contributed by atoms with Crippen LogP contribution < -0.4 is 10.6 Å². The Balaban J connectivity index is 1.44. The number of carbonyl (C=O) groups excluding carboxylic acids is 2. The van der Waals surface area contributed by atoms with Gasteiger partial charge in [-0.1, -0.05) is 36.4 Å². The molecule has 0 saturated heterocycles. The van der Waals surface area contributed by atoms with Gasteiger partial charge in [-0.2, -0.15) is 0 Å². The number of rotatable bonds is 5. The smallest absolute Gasteiger partial charge is 0.265 e. The lowest BCUT2D eigenvalue weighted by Crippen LogP contribution is -2.11. The maximum atomic E-state index is 12.3. The first-order valence-corrected chi connectivity index (χ1v) is 9.85. The van der Waals surface area contributed by atoms with E-state index in [9.17, 15) is 9.59 Å². The lowest BCUT2D eigenvalue weighted by molar-refractivity contribution is -0.111. The van der Waals surface area contributed by atoms with Gasteiger partial charge in [0.25, 0.3) is 5.91 Å². The van der Waals surface area contributed by atoms with Crippen LogP contribution in [0.5, 0.6) is 0 Å². The number of fused-ring (bicyclic) bond motifs is 1. The Morgan fingerprint density at radius 3 is 2.52 bits per heavy atom. The summed E-state index contributed by atoms with van der Waals surface area (Å²) >= 11 is 1.37. The fourth-order valence-corrected chi connectivity index (χ4v) is 3.51. The predicted octanol–water partition coefficient (Wildman–Crippen LogP) is 5.20. The molecule has 6 heteroatoms. The number of carbonyl (C=O) groups is 2. The third-order valence-corrected chi connectivity index (χ3v) is 5.08. The van der Waals surface area contributed by atoms with Crippen LogP contribution in [0.3, 0.4) is 0 Å². The van der Waals surface area contributed by atoms with Crippen LogP contribution in [0.4, 0.5) is 11.4 Å². The first kappa shape index (κ1) is 18.6. The van der Waals surface area contributed by atoms with Crippen molar-refractivity contribution in [2.24, 2.45) is 0 Å². The molecule has 2 N–H and O–H groups in total. The molecule has 0 saturated carbocycles. The van der Waals surface area contributed by atoms with Crippen LogP contribution in [0.2, 0.25) is 0 Å². The third kappa shape index (κ3) is 4.56. The summed E-state index contributed by atoms with van der Waals surface area (Å²) < 4.78 is 0. The zero-order valence-electron chi connectivity index (χ0n) is 15.3. The van der Waals surface area contributed by atoms with Crippen molar-refractivity contribution in [3.63, 3.8) is 0 Å². The van der Waals surface area contributed by atoms with Gasteiger partial charge in [0.05, 0.1) is 10.4 Å². The summed E-state index contributed by atoms with van der Waals surface area (Å²) in [6.07, 6.45) is 4.95. The highest BCUT2D eigenvalue weighted by Crippen LogP contribution is 2.19. The number of hydrogen-bond acceptors (Lipinski definition) is 4. The average molecular weight is 399 g/mol. The van der Waals surface area contributed by atoms with E-state index in [1.54, 1.807) is 42.6 Å². The summed E-state index contributed by atoms with van der Waals surface area (Å²) in [6, 6.07) is 20.3. The molecule has 4 rings (SSSR count). The van der Waals surface area contributed by atoms with Crippen molar-refractivity contribution < 1.29 is 9.59 Å². The third-order valence-electron chi connectivity index (χ3n) is 4.21. The van der Waals surface area contributed by atoms with Gasteiger partial charge in [0.15, 0.2) is 0 Å². The van der Waals surface area contributed by atoms with Gasteiger partial charge in [0.2, 0.25) is 5.91 Å². The number of nitrogens with zero attached hydrogens (tertiary/aromatic N) is 1. The molecule has 0 atom stereocenters. The fraction of sp³-hybridized carbons (Fsp3) is 0. The predicted molar refractivity (Wildman–Crippen MR) is 118 cm³/mol. The lowest BCUT2D eigenvalue weighted by Gasteiger charge is -2.07. The van der Waals surface area contributed by atoms with E-state index in [1.807, 2.05) is 41.8 Å². The maximum absolute atomic E-state index is 12.3. The Bertz CT molecular complexity index is 1190. The second-order valence-electron chi connectivity index (χ2n) is 6.26. The first-order chi connectivity index (χ1) is 14.2. The molecule has 29 heavy (non-hydrogen) atoms. The van der Waals surface area contributed by atoms with Crippen LogP contribution >= 0.6 is 11.3 Å². The first-order valence-electron chi connectivity index (χ1n) is 8.97. The molecular formula is C23H17N3O2S. The van der Waals surface area contributed by atoms with Crippen molar-refractivity contribution >= 4 is 51.5 Å². The highest BCUT2D eigenvalue weighted by atomic mass is 32.1. The molecule has 4 aromatic rings. The quantitative estimate of drug-likeness (QED) is 0.453. The van der Waals surface area contributed by atoms with Crippen LogP contribution in [0.1, 0.15) is 15.2 Å². The van der Waals surface area contributed by atoms with Crippen LogP contribution in [0, 0.1) is 0 Å². The SMILES string of the molecule is O=C(/C=C/c1cccc2cccnc12)Nc1cccc(NC(=O)c2cccs2)c1. The summed E-state index contributed by atoms with van der Waals surface area (Å²) in [4.78, 5) is 29.5. The number of amides is 2. The van der Waals surface area contributed by atoms with E-state index >= 15 is 0 Å². The van der Waals surface area contributed by atoms with E-state index in [0.717, 1.165) is 16.5 Å².